The van der Waals surface area contributed by atoms with Crippen molar-refractivity contribution in [3.63, 3.8) is 0 Å². The summed E-state index contributed by atoms with van der Waals surface area (Å²) in [6.07, 6.45) is 1.13. The summed E-state index contributed by atoms with van der Waals surface area (Å²) < 4.78 is 5.44. The molecule has 4 nitrogen and oxygen atoms in total. The van der Waals surface area contributed by atoms with Crippen LogP contribution in [-0.4, -0.2) is 39.8 Å². The molecule has 0 aromatic carbocycles. The van der Waals surface area contributed by atoms with Gasteiger partial charge in [-0.2, -0.15) is 0 Å². The van der Waals surface area contributed by atoms with E-state index in [0.717, 1.165) is 32.1 Å². The third-order valence-electron chi connectivity index (χ3n) is 1.84. The lowest BCUT2D eigenvalue weighted by Crippen LogP contribution is -2.36. The molecule has 0 amide bonds. The number of hydrogen-bond acceptors (Lipinski definition) is 2. The molecule has 0 saturated heterocycles. The first kappa shape index (κ1) is 13.2. The maximum atomic E-state index is 5.44. The van der Waals surface area contributed by atoms with Gasteiger partial charge in [-0.15, -0.1) is 0 Å². The van der Waals surface area contributed by atoms with Crippen LogP contribution in [-0.2, 0) is 4.74 Å². The van der Waals surface area contributed by atoms with E-state index in [1.54, 1.807) is 7.05 Å². The first-order chi connectivity index (χ1) is 6.70. The molecular weight excluding hydrogens is 178 g/mol. The summed E-state index contributed by atoms with van der Waals surface area (Å²) in [5, 5.41) is 6.07. The summed E-state index contributed by atoms with van der Waals surface area (Å²) in [7, 11) is 3.59. The number of ether oxygens (including phenoxy) is 1. The zero-order valence-electron chi connectivity index (χ0n) is 9.76. The van der Waals surface area contributed by atoms with Crippen LogP contribution in [0.2, 0.25) is 0 Å². The molecule has 0 saturated carbocycles. The largest absolute Gasteiger partial charge is 0.380 e. The Hall–Kier alpha value is -0.770. The van der Waals surface area contributed by atoms with Crippen LogP contribution in [0.1, 0.15) is 20.3 Å². The van der Waals surface area contributed by atoms with E-state index >= 15 is 0 Å². The first-order valence-corrected chi connectivity index (χ1v) is 5.16. The number of guanidine groups is 1. The Kier molecular flexibility index (Phi) is 8.33. The predicted molar refractivity (Wildman–Crippen MR) is 60.7 cm³/mol. The number of nitrogens with one attached hydrogen (secondary N) is 2. The minimum Gasteiger partial charge on any atom is -0.380 e. The van der Waals surface area contributed by atoms with Gasteiger partial charge < -0.3 is 15.4 Å². The standard InChI is InChI=1S/C10H23N3O/c1-9(2)5-7-14-8-6-13-10(11-3)12-4/h9H,5-8H2,1-4H3,(H2,11,12,13). The Morgan fingerprint density at radius 3 is 2.57 bits per heavy atom. The van der Waals surface area contributed by atoms with Crippen molar-refractivity contribution in [3.05, 3.63) is 0 Å². The van der Waals surface area contributed by atoms with Gasteiger partial charge in [-0.25, -0.2) is 0 Å². The van der Waals surface area contributed by atoms with Gasteiger partial charge >= 0.3 is 0 Å². The molecular formula is C10H23N3O. The zero-order chi connectivity index (χ0) is 10.8. The lowest BCUT2D eigenvalue weighted by atomic mass is 10.1. The highest BCUT2D eigenvalue weighted by atomic mass is 16.5. The molecule has 0 aromatic heterocycles. The Bertz CT molecular complexity index is 157. The van der Waals surface area contributed by atoms with Crippen LogP contribution < -0.4 is 10.6 Å². The van der Waals surface area contributed by atoms with E-state index in [9.17, 15) is 0 Å². The van der Waals surface area contributed by atoms with Crippen LogP contribution in [0.3, 0.4) is 0 Å². The second-order valence-electron chi connectivity index (χ2n) is 3.54. The summed E-state index contributed by atoms with van der Waals surface area (Å²) in [6.45, 7) is 6.77. The lowest BCUT2D eigenvalue weighted by molar-refractivity contribution is 0.128. The van der Waals surface area contributed by atoms with Crippen LogP contribution in [0.5, 0.6) is 0 Å². The fourth-order valence-electron chi connectivity index (χ4n) is 0.942. The Balaban J connectivity index is 3.21. The van der Waals surface area contributed by atoms with Gasteiger partial charge in [0.15, 0.2) is 5.96 Å². The average Bonchev–Trinajstić information content (AvgIpc) is 2.16. The van der Waals surface area contributed by atoms with Crippen molar-refractivity contribution in [3.8, 4) is 0 Å². The Morgan fingerprint density at radius 1 is 1.36 bits per heavy atom. The second kappa shape index (κ2) is 8.81. The van der Waals surface area contributed by atoms with Crippen molar-refractivity contribution >= 4 is 5.96 Å². The van der Waals surface area contributed by atoms with Gasteiger partial charge in [0.25, 0.3) is 0 Å². The molecule has 0 aromatic rings. The van der Waals surface area contributed by atoms with Crippen molar-refractivity contribution in [2.24, 2.45) is 10.9 Å². The lowest BCUT2D eigenvalue weighted by Gasteiger charge is -2.09. The summed E-state index contributed by atoms with van der Waals surface area (Å²) in [6, 6.07) is 0. The number of aliphatic imine (C=N–C) groups is 1. The van der Waals surface area contributed by atoms with E-state index in [1.165, 1.54) is 0 Å². The van der Waals surface area contributed by atoms with Gasteiger partial charge in [-0.05, 0) is 12.3 Å². The van der Waals surface area contributed by atoms with E-state index in [2.05, 4.69) is 29.5 Å². The van der Waals surface area contributed by atoms with E-state index < -0.39 is 0 Å². The van der Waals surface area contributed by atoms with Crippen LogP contribution >= 0.6 is 0 Å². The molecule has 0 fully saturated rings. The summed E-state index contributed by atoms with van der Waals surface area (Å²) in [5.41, 5.74) is 0. The average molecular weight is 201 g/mol. The van der Waals surface area contributed by atoms with Gasteiger partial charge in [-0.1, -0.05) is 13.8 Å². The highest BCUT2D eigenvalue weighted by Gasteiger charge is 1.94. The third-order valence-corrected chi connectivity index (χ3v) is 1.84. The van der Waals surface area contributed by atoms with Crippen molar-refractivity contribution in [2.75, 3.05) is 33.9 Å². The van der Waals surface area contributed by atoms with Gasteiger partial charge in [0.1, 0.15) is 0 Å². The molecule has 0 radical (unpaired) electrons. The third kappa shape index (κ3) is 7.86. The molecule has 0 aliphatic carbocycles. The van der Waals surface area contributed by atoms with E-state index in [0.29, 0.717) is 5.92 Å². The highest BCUT2D eigenvalue weighted by Crippen LogP contribution is 1.97. The SMILES string of the molecule is CN=C(NC)NCCOCCC(C)C. The molecule has 4 heteroatoms. The molecule has 0 bridgehead atoms. The quantitative estimate of drug-likeness (QED) is 0.380. The highest BCUT2D eigenvalue weighted by molar-refractivity contribution is 5.79. The number of nitrogens with zero attached hydrogens (tertiary/aromatic N) is 1. The second-order valence-corrected chi connectivity index (χ2v) is 3.54. The summed E-state index contributed by atoms with van der Waals surface area (Å²) >= 11 is 0. The zero-order valence-corrected chi connectivity index (χ0v) is 9.76. The number of rotatable bonds is 6. The van der Waals surface area contributed by atoms with Crippen molar-refractivity contribution in [1.29, 1.82) is 0 Å². The molecule has 0 unspecified atom stereocenters. The number of hydrogen-bond donors (Lipinski definition) is 2. The predicted octanol–water partition coefficient (Wildman–Crippen LogP) is 0.844. The molecule has 0 aliphatic rings. The minimum absolute atomic E-state index is 0.716. The van der Waals surface area contributed by atoms with E-state index in [4.69, 9.17) is 4.74 Å². The van der Waals surface area contributed by atoms with Gasteiger partial charge in [0.05, 0.1) is 6.61 Å². The monoisotopic (exact) mass is 201 g/mol. The van der Waals surface area contributed by atoms with E-state index in [1.807, 2.05) is 7.05 Å². The topological polar surface area (TPSA) is 45.7 Å². The molecule has 14 heavy (non-hydrogen) atoms. The van der Waals surface area contributed by atoms with Crippen LogP contribution in [0.15, 0.2) is 4.99 Å². The van der Waals surface area contributed by atoms with Crippen molar-refractivity contribution < 1.29 is 4.74 Å². The molecule has 0 aliphatic heterocycles. The fourth-order valence-corrected chi connectivity index (χ4v) is 0.942. The minimum atomic E-state index is 0.716. The van der Waals surface area contributed by atoms with Crippen LogP contribution in [0.4, 0.5) is 0 Å². The van der Waals surface area contributed by atoms with Gasteiger partial charge in [-0.3, -0.25) is 4.99 Å². The normalized spacial score (nSPS) is 11.9. The van der Waals surface area contributed by atoms with Crippen LogP contribution in [0, 0.1) is 5.92 Å². The van der Waals surface area contributed by atoms with Crippen molar-refractivity contribution in [2.45, 2.75) is 20.3 Å². The molecule has 2 N–H and O–H groups in total. The maximum absolute atomic E-state index is 5.44. The van der Waals surface area contributed by atoms with E-state index in [-0.39, 0.29) is 0 Å². The molecule has 0 rings (SSSR count). The molecule has 0 spiro atoms. The Labute approximate surface area is 87.1 Å². The molecule has 84 valence electrons. The molecule has 0 atom stereocenters. The first-order valence-electron chi connectivity index (χ1n) is 5.16. The summed E-state index contributed by atoms with van der Waals surface area (Å²) in [4.78, 5) is 3.99. The van der Waals surface area contributed by atoms with Gasteiger partial charge in [0.2, 0.25) is 0 Å². The molecule has 0 heterocycles. The van der Waals surface area contributed by atoms with Crippen LogP contribution in [0.25, 0.3) is 0 Å². The maximum Gasteiger partial charge on any atom is 0.190 e. The smallest absolute Gasteiger partial charge is 0.190 e. The summed E-state index contributed by atoms with van der Waals surface area (Å²) in [5.74, 6) is 1.52. The fraction of sp³-hybridized carbons (Fsp3) is 0.900. The van der Waals surface area contributed by atoms with Crippen molar-refractivity contribution in [1.82, 2.24) is 10.6 Å². The van der Waals surface area contributed by atoms with Gasteiger partial charge in [0, 0.05) is 27.2 Å². The Morgan fingerprint density at radius 2 is 2.07 bits per heavy atom.